The molecule has 0 spiro atoms. The number of rotatable bonds is 7. The van der Waals surface area contributed by atoms with Gasteiger partial charge in [0.1, 0.15) is 0 Å². The minimum atomic E-state index is -3.30. The second-order valence-electron chi connectivity index (χ2n) is 5.22. The van der Waals surface area contributed by atoms with Gasteiger partial charge in [-0.15, -0.1) is 0 Å². The molecule has 1 aliphatic rings. The minimum absolute atomic E-state index is 0.0931. The number of nitrogens with one attached hydrogen (secondary N) is 2. The Balaban J connectivity index is 2.63. The highest BCUT2D eigenvalue weighted by molar-refractivity contribution is 7.87. The van der Waals surface area contributed by atoms with Crippen molar-refractivity contribution >= 4 is 10.2 Å². The number of nitrogens with zero attached hydrogens (tertiary/aromatic N) is 1. The van der Waals surface area contributed by atoms with Crippen molar-refractivity contribution in [2.75, 3.05) is 19.6 Å². The molecule has 1 saturated heterocycles. The zero-order chi connectivity index (χ0) is 13.6. The molecular formula is C12H27N3O2S. The lowest BCUT2D eigenvalue weighted by atomic mass is 10.0. The van der Waals surface area contributed by atoms with Gasteiger partial charge in [0.05, 0.1) is 0 Å². The van der Waals surface area contributed by atoms with E-state index in [0.29, 0.717) is 19.1 Å². The normalized spacial score (nSPS) is 22.6. The highest BCUT2D eigenvalue weighted by atomic mass is 32.2. The van der Waals surface area contributed by atoms with Crippen LogP contribution in [0, 0.1) is 0 Å². The molecule has 0 radical (unpaired) electrons. The summed E-state index contributed by atoms with van der Waals surface area (Å²) in [5, 5.41) is 3.34. The van der Waals surface area contributed by atoms with Crippen LogP contribution in [0.2, 0.25) is 0 Å². The van der Waals surface area contributed by atoms with Crippen molar-refractivity contribution in [3.05, 3.63) is 0 Å². The van der Waals surface area contributed by atoms with Crippen LogP contribution in [0.5, 0.6) is 0 Å². The maximum absolute atomic E-state index is 12.2. The predicted octanol–water partition coefficient (Wildman–Crippen LogP) is 1.08. The van der Waals surface area contributed by atoms with E-state index in [4.69, 9.17) is 0 Å². The second kappa shape index (κ2) is 7.43. The summed E-state index contributed by atoms with van der Waals surface area (Å²) in [5.74, 6) is 0. The van der Waals surface area contributed by atoms with E-state index in [0.717, 1.165) is 32.2 Å². The third-order valence-corrected chi connectivity index (χ3v) is 4.85. The van der Waals surface area contributed by atoms with Gasteiger partial charge in [0.15, 0.2) is 0 Å². The summed E-state index contributed by atoms with van der Waals surface area (Å²) < 4.78 is 28.7. The average Bonchev–Trinajstić information content (AvgIpc) is 2.34. The molecule has 2 N–H and O–H groups in total. The standard InChI is InChI=1S/C12H27N3O2S/c1-4-8-14-18(16,17)15-9-6-5-7-12(15)10-13-11(2)3/h11-14H,4-10H2,1-3H3. The Bertz CT molecular complexity index is 330. The lowest BCUT2D eigenvalue weighted by molar-refractivity contribution is 0.239. The van der Waals surface area contributed by atoms with E-state index in [-0.39, 0.29) is 6.04 Å². The molecule has 1 heterocycles. The molecule has 108 valence electrons. The van der Waals surface area contributed by atoms with Crippen LogP contribution < -0.4 is 10.0 Å². The highest BCUT2D eigenvalue weighted by Gasteiger charge is 2.31. The molecule has 6 heteroatoms. The fourth-order valence-corrected chi connectivity index (χ4v) is 3.75. The van der Waals surface area contributed by atoms with Crippen LogP contribution in [0.15, 0.2) is 0 Å². The SMILES string of the molecule is CCCNS(=O)(=O)N1CCCCC1CNC(C)C. The fourth-order valence-electron chi connectivity index (χ4n) is 2.18. The van der Waals surface area contributed by atoms with Crippen LogP contribution in [0.4, 0.5) is 0 Å². The molecule has 1 fully saturated rings. The van der Waals surface area contributed by atoms with Crippen molar-refractivity contribution in [2.24, 2.45) is 0 Å². The molecule has 1 atom stereocenters. The van der Waals surface area contributed by atoms with Crippen LogP contribution >= 0.6 is 0 Å². The maximum atomic E-state index is 12.2. The second-order valence-corrected chi connectivity index (χ2v) is 6.93. The zero-order valence-electron chi connectivity index (χ0n) is 11.8. The first kappa shape index (κ1) is 15.9. The molecule has 1 rings (SSSR count). The molecule has 0 aliphatic carbocycles. The van der Waals surface area contributed by atoms with E-state index in [9.17, 15) is 8.42 Å². The number of hydrogen-bond donors (Lipinski definition) is 2. The first-order valence-corrected chi connectivity index (χ1v) is 8.41. The molecule has 0 aromatic rings. The summed E-state index contributed by atoms with van der Waals surface area (Å²) in [4.78, 5) is 0. The van der Waals surface area contributed by atoms with E-state index in [1.54, 1.807) is 4.31 Å². The van der Waals surface area contributed by atoms with Crippen molar-refractivity contribution in [3.63, 3.8) is 0 Å². The van der Waals surface area contributed by atoms with Crippen LogP contribution in [0.1, 0.15) is 46.5 Å². The quantitative estimate of drug-likeness (QED) is 0.732. The van der Waals surface area contributed by atoms with Crippen molar-refractivity contribution in [3.8, 4) is 0 Å². The molecule has 1 aliphatic heterocycles. The molecule has 0 bridgehead atoms. The van der Waals surface area contributed by atoms with Crippen molar-refractivity contribution in [1.29, 1.82) is 0 Å². The monoisotopic (exact) mass is 277 g/mol. The molecule has 0 aromatic heterocycles. The first-order chi connectivity index (χ1) is 8.47. The predicted molar refractivity (Wildman–Crippen MR) is 74.7 cm³/mol. The van der Waals surface area contributed by atoms with Gasteiger partial charge in [-0.25, -0.2) is 4.72 Å². The van der Waals surface area contributed by atoms with E-state index >= 15 is 0 Å². The first-order valence-electron chi connectivity index (χ1n) is 6.97. The van der Waals surface area contributed by atoms with Crippen LogP contribution in [-0.4, -0.2) is 44.4 Å². The Morgan fingerprint density at radius 1 is 1.33 bits per heavy atom. The number of piperidine rings is 1. The van der Waals surface area contributed by atoms with Crippen LogP contribution in [-0.2, 0) is 10.2 Å². The molecular weight excluding hydrogens is 250 g/mol. The lowest BCUT2D eigenvalue weighted by Crippen LogP contribution is -2.53. The van der Waals surface area contributed by atoms with Crippen molar-refractivity contribution in [1.82, 2.24) is 14.3 Å². The average molecular weight is 277 g/mol. The Morgan fingerprint density at radius 2 is 2.06 bits per heavy atom. The lowest BCUT2D eigenvalue weighted by Gasteiger charge is -2.35. The summed E-state index contributed by atoms with van der Waals surface area (Å²) >= 11 is 0. The van der Waals surface area contributed by atoms with Gasteiger partial charge in [-0.1, -0.05) is 27.2 Å². The van der Waals surface area contributed by atoms with Gasteiger partial charge in [0.25, 0.3) is 10.2 Å². The van der Waals surface area contributed by atoms with Crippen LogP contribution in [0.3, 0.4) is 0 Å². The van der Waals surface area contributed by atoms with Gasteiger partial charge in [-0.05, 0) is 19.3 Å². The number of hydrogen-bond acceptors (Lipinski definition) is 3. The van der Waals surface area contributed by atoms with Crippen molar-refractivity contribution in [2.45, 2.75) is 58.5 Å². The fraction of sp³-hybridized carbons (Fsp3) is 1.00. The molecule has 5 nitrogen and oxygen atoms in total. The molecule has 0 saturated carbocycles. The summed E-state index contributed by atoms with van der Waals surface area (Å²) in [6.07, 6.45) is 3.85. The molecule has 18 heavy (non-hydrogen) atoms. The van der Waals surface area contributed by atoms with Gasteiger partial charge >= 0.3 is 0 Å². The minimum Gasteiger partial charge on any atom is -0.313 e. The Labute approximate surface area is 112 Å². The largest absolute Gasteiger partial charge is 0.313 e. The van der Waals surface area contributed by atoms with E-state index < -0.39 is 10.2 Å². The summed E-state index contributed by atoms with van der Waals surface area (Å²) in [6, 6.07) is 0.482. The van der Waals surface area contributed by atoms with E-state index in [2.05, 4.69) is 23.9 Å². The van der Waals surface area contributed by atoms with Gasteiger partial charge in [0.2, 0.25) is 0 Å². The third-order valence-electron chi connectivity index (χ3n) is 3.18. The van der Waals surface area contributed by atoms with Gasteiger partial charge in [0, 0.05) is 31.7 Å². The molecule has 0 amide bonds. The van der Waals surface area contributed by atoms with Crippen molar-refractivity contribution < 1.29 is 8.42 Å². The Morgan fingerprint density at radius 3 is 2.67 bits per heavy atom. The van der Waals surface area contributed by atoms with Gasteiger partial charge in [-0.2, -0.15) is 12.7 Å². The Kier molecular flexibility index (Phi) is 6.55. The highest BCUT2D eigenvalue weighted by Crippen LogP contribution is 2.19. The topological polar surface area (TPSA) is 61.4 Å². The van der Waals surface area contributed by atoms with Gasteiger partial charge in [-0.3, -0.25) is 0 Å². The van der Waals surface area contributed by atoms with Gasteiger partial charge < -0.3 is 5.32 Å². The Hall–Kier alpha value is -0.170. The summed E-state index contributed by atoms with van der Waals surface area (Å²) in [6.45, 7) is 8.03. The zero-order valence-corrected chi connectivity index (χ0v) is 12.6. The maximum Gasteiger partial charge on any atom is 0.279 e. The van der Waals surface area contributed by atoms with E-state index in [1.165, 1.54) is 0 Å². The molecule has 1 unspecified atom stereocenters. The van der Waals surface area contributed by atoms with Crippen LogP contribution in [0.25, 0.3) is 0 Å². The summed E-state index contributed by atoms with van der Waals surface area (Å²) in [7, 11) is -3.30. The summed E-state index contributed by atoms with van der Waals surface area (Å²) in [5.41, 5.74) is 0. The smallest absolute Gasteiger partial charge is 0.279 e. The van der Waals surface area contributed by atoms with E-state index in [1.807, 2.05) is 6.92 Å². The molecule has 0 aromatic carbocycles. The third kappa shape index (κ3) is 4.84.